The second kappa shape index (κ2) is 4.30. The standard InChI is InChI=1S/C5H15N2.BrH/c1-4-7(2,3)5-6;/h4-6H2,1-3H3;1H/q+1;/p-1. The van der Waals surface area contributed by atoms with Crippen LogP contribution in [0.2, 0.25) is 0 Å². The zero-order valence-electron chi connectivity index (χ0n) is 5.82. The van der Waals surface area contributed by atoms with E-state index in [2.05, 4.69) is 21.0 Å². The number of nitrogens with zero attached hydrogens (tertiary/aromatic N) is 1. The third-order valence-electron chi connectivity index (χ3n) is 1.35. The summed E-state index contributed by atoms with van der Waals surface area (Å²) in [5, 5.41) is 0. The first-order valence-electron chi connectivity index (χ1n) is 2.64. The molecule has 2 nitrogen and oxygen atoms in total. The Hall–Kier alpha value is 0.400. The Bertz CT molecular complexity index is 48.4. The molecule has 2 N–H and O–H groups in total. The summed E-state index contributed by atoms with van der Waals surface area (Å²) in [5.41, 5.74) is 5.39. The molecule has 0 amide bonds. The molecular formula is C5H15BrN2. The molecule has 0 saturated heterocycles. The highest BCUT2D eigenvalue weighted by molar-refractivity contribution is 4.15. The monoisotopic (exact) mass is 182 g/mol. The maximum Gasteiger partial charge on any atom is 0.129 e. The molecule has 0 rings (SSSR count). The number of quaternary nitrogens is 1. The van der Waals surface area contributed by atoms with Crippen LogP contribution in [0.25, 0.3) is 0 Å². The molecule has 0 aromatic carbocycles. The average molecular weight is 183 g/mol. The van der Waals surface area contributed by atoms with Crippen LogP contribution in [0.4, 0.5) is 0 Å². The van der Waals surface area contributed by atoms with E-state index in [1.54, 1.807) is 0 Å². The van der Waals surface area contributed by atoms with E-state index in [0.717, 1.165) is 17.7 Å². The summed E-state index contributed by atoms with van der Waals surface area (Å²) in [5.74, 6) is 0. The van der Waals surface area contributed by atoms with Crippen molar-refractivity contribution in [3.63, 3.8) is 0 Å². The van der Waals surface area contributed by atoms with Gasteiger partial charge >= 0.3 is 0 Å². The fraction of sp³-hybridized carbons (Fsp3) is 1.00. The van der Waals surface area contributed by atoms with Crippen molar-refractivity contribution in [2.45, 2.75) is 6.92 Å². The van der Waals surface area contributed by atoms with Gasteiger partial charge < -0.3 is 21.5 Å². The van der Waals surface area contributed by atoms with Gasteiger partial charge in [-0.1, -0.05) is 0 Å². The van der Waals surface area contributed by atoms with E-state index < -0.39 is 0 Å². The minimum absolute atomic E-state index is 0. The molecule has 0 spiro atoms. The summed E-state index contributed by atoms with van der Waals surface area (Å²) >= 11 is 0. The Morgan fingerprint density at radius 1 is 1.38 bits per heavy atom. The number of halogens is 1. The van der Waals surface area contributed by atoms with Gasteiger partial charge in [0, 0.05) is 0 Å². The van der Waals surface area contributed by atoms with E-state index in [0.29, 0.717) is 0 Å². The lowest BCUT2D eigenvalue weighted by Crippen LogP contribution is -3.00. The summed E-state index contributed by atoms with van der Waals surface area (Å²) in [4.78, 5) is 0. The SMILES string of the molecule is CC[N+](C)(C)CN.[Br-]. The van der Waals surface area contributed by atoms with Gasteiger partial charge in [-0.05, 0) is 6.92 Å². The van der Waals surface area contributed by atoms with Crippen molar-refractivity contribution in [2.24, 2.45) is 5.73 Å². The van der Waals surface area contributed by atoms with Gasteiger partial charge in [-0.25, -0.2) is 0 Å². The molecule has 0 aromatic heterocycles. The predicted octanol–water partition coefficient (Wildman–Crippen LogP) is -3.00. The van der Waals surface area contributed by atoms with E-state index in [4.69, 9.17) is 5.73 Å². The number of nitrogens with two attached hydrogens (primary N) is 1. The first kappa shape index (κ1) is 11.2. The fourth-order valence-electron chi connectivity index (χ4n) is 0.129. The third-order valence-corrected chi connectivity index (χ3v) is 1.35. The number of hydrogen-bond donors (Lipinski definition) is 1. The molecule has 0 heterocycles. The average Bonchev–Trinajstić information content (AvgIpc) is 1.68. The molecule has 0 atom stereocenters. The fourth-order valence-corrected chi connectivity index (χ4v) is 0.129. The lowest BCUT2D eigenvalue weighted by atomic mass is 10.5. The molecule has 0 aliphatic rings. The van der Waals surface area contributed by atoms with Crippen LogP contribution in [0.3, 0.4) is 0 Å². The second-order valence-electron chi connectivity index (χ2n) is 2.43. The second-order valence-corrected chi connectivity index (χ2v) is 2.43. The zero-order valence-corrected chi connectivity index (χ0v) is 7.40. The van der Waals surface area contributed by atoms with E-state index in [1.807, 2.05) is 0 Å². The van der Waals surface area contributed by atoms with Crippen molar-refractivity contribution >= 4 is 0 Å². The predicted molar refractivity (Wildman–Crippen MR) is 31.7 cm³/mol. The maximum atomic E-state index is 5.39. The highest BCUT2D eigenvalue weighted by Crippen LogP contribution is 1.87. The molecule has 52 valence electrons. The summed E-state index contributed by atoms with van der Waals surface area (Å²) in [6.07, 6.45) is 0. The van der Waals surface area contributed by atoms with E-state index in [-0.39, 0.29) is 17.0 Å². The summed E-state index contributed by atoms with van der Waals surface area (Å²) in [7, 11) is 4.22. The third kappa shape index (κ3) is 4.56. The maximum absolute atomic E-state index is 5.39. The van der Waals surface area contributed by atoms with Gasteiger partial charge in [-0.3, -0.25) is 5.73 Å². The Morgan fingerprint density at radius 3 is 1.75 bits per heavy atom. The lowest BCUT2D eigenvalue weighted by Gasteiger charge is -2.25. The van der Waals surface area contributed by atoms with E-state index in [9.17, 15) is 0 Å². The molecule has 0 aromatic rings. The van der Waals surface area contributed by atoms with Crippen molar-refractivity contribution in [3.8, 4) is 0 Å². The van der Waals surface area contributed by atoms with E-state index >= 15 is 0 Å². The van der Waals surface area contributed by atoms with Gasteiger partial charge in [0.25, 0.3) is 0 Å². The van der Waals surface area contributed by atoms with Crippen LogP contribution in [0.5, 0.6) is 0 Å². The molecular weight excluding hydrogens is 168 g/mol. The molecule has 0 saturated carbocycles. The molecule has 0 bridgehead atoms. The minimum Gasteiger partial charge on any atom is -1.00 e. The number of rotatable bonds is 2. The van der Waals surface area contributed by atoms with Crippen LogP contribution in [0, 0.1) is 0 Å². The molecule has 0 fully saturated rings. The van der Waals surface area contributed by atoms with Crippen molar-refractivity contribution in [1.29, 1.82) is 0 Å². The van der Waals surface area contributed by atoms with Crippen molar-refractivity contribution < 1.29 is 21.5 Å². The molecule has 0 unspecified atom stereocenters. The summed E-state index contributed by atoms with van der Waals surface area (Å²) in [6.45, 7) is 3.97. The highest BCUT2D eigenvalue weighted by atomic mass is 79.9. The first-order valence-corrected chi connectivity index (χ1v) is 2.64. The Balaban J connectivity index is 0. The number of hydrogen-bond acceptors (Lipinski definition) is 1. The first-order chi connectivity index (χ1) is 3.12. The summed E-state index contributed by atoms with van der Waals surface area (Å²) in [6, 6.07) is 0. The van der Waals surface area contributed by atoms with Crippen molar-refractivity contribution in [1.82, 2.24) is 0 Å². The van der Waals surface area contributed by atoms with Crippen molar-refractivity contribution in [3.05, 3.63) is 0 Å². The van der Waals surface area contributed by atoms with Gasteiger partial charge in [0.15, 0.2) is 0 Å². The topological polar surface area (TPSA) is 26.0 Å². The van der Waals surface area contributed by atoms with Crippen LogP contribution < -0.4 is 22.7 Å². The van der Waals surface area contributed by atoms with Gasteiger partial charge in [-0.15, -0.1) is 0 Å². The minimum atomic E-state index is 0. The molecule has 0 aliphatic heterocycles. The Kier molecular flexibility index (Phi) is 6.03. The van der Waals surface area contributed by atoms with Crippen LogP contribution in [-0.4, -0.2) is 31.8 Å². The lowest BCUT2D eigenvalue weighted by molar-refractivity contribution is -0.888. The van der Waals surface area contributed by atoms with Crippen molar-refractivity contribution in [2.75, 3.05) is 27.3 Å². The van der Waals surface area contributed by atoms with E-state index in [1.165, 1.54) is 0 Å². The van der Waals surface area contributed by atoms with Gasteiger partial charge in [0.2, 0.25) is 0 Å². The molecule has 0 aliphatic carbocycles. The normalized spacial score (nSPS) is 10.5. The van der Waals surface area contributed by atoms with Crippen LogP contribution in [0.15, 0.2) is 0 Å². The Labute approximate surface area is 62.0 Å². The smallest absolute Gasteiger partial charge is 0.129 e. The van der Waals surface area contributed by atoms with Crippen LogP contribution in [-0.2, 0) is 0 Å². The molecule has 0 radical (unpaired) electrons. The highest BCUT2D eigenvalue weighted by Gasteiger charge is 2.05. The quantitative estimate of drug-likeness (QED) is 0.358. The van der Waals surface area contributed by atoms with Gasteiger partial charge in [0.05, 0.1) is 20.6 Å². The van der Waals surface area contributed by atoms with Crippen LogP contribution in [0.1, 0.15) is 6.92 Å². The molecule has 3 heteroatoms. The largest absolute Gasteiger partial charge is 1.00 e. The van der Waals surface area contributed by atoms with Gasteiger partial charge in [-0.2, -0.15) is 0 Å². The van der Waals surface area contributed by atoms with Crippen LogP contribution >= 0.6 is 0 Å². The molecule has 8 heavy (non-hydrogen) atoms. The Morgan fingerprint density at radius 2 is 1.75 bits per heavy atom. The zero-order chi connectivity index (χ0) is 5.91. The summed E-state index contributed by atoms with van der Waals surface area (Å²) < 4.78 is 0.917. The van der Waals surface area contributed by atoms with Gasteiger partial charge in [0.1, 0.15) is 6.67 Å².